The molecule has 1 saturated heterocycles. The van der Waals surface area contributed by atoms with Crippen molar-refractivity contribution in [3.8, 4) is 17.3 Å². The van der Waals surface area contributed by atoms with Gasteiger partial charge in [-0.3, -0.25) is 29.7 Å². The second-order valence-corrected chi connectivity index (χ2v) is 8.07. The van der Waals surface area contributed by atoms with Crippen LogP contribution in [0.2, 0.25) is 5.02 Å². The van der Waals surface area contributed by atoms with Gasteiger partial charge in [0, 0.05) is 29.8 Å². The van der Waals surface area contributed by atoms with Crippen LogP contribution in [0.15, 0.2) is 53.3 Å². The normalized spacial score (nSPS) is 17.3. The minimum Gasteiger partial charge on any atom is -0.279 e. The van der Waals surface area contributed by atoms with Crippen molar-refractivity contribution in [3.05, 3.63) is 85.1 Å². The third-order valence-electron chi connectivity index (χ3n) is 5.19. The molecule has 4 rings (SSSR count). The first kappa shape index (κ1) is 22.3. The summed E-state index contributed by atoms with van der Waals surface area (Å²) >= 11 is 12.1. The molecule has 1 aromatic heterocycles. The van der Waals surface area contributed by atoms with Crippen LogP contribution >= 0.6 is 23.2 Å². The highest BCUT2D eigenvalue weighted by molar-refractivity contribution is 6.33. The molecule has 0 aliphatic carbocycles. The minimum absolute atomic E-state index is 0.0173. The average Bonchev–Trinajstić information content (AvgIpc) is 2.81. The van der Waals surface area contributed by atoms with E-state index in [4.69, 9.17) is 23.2 Å². The molecule has 2 heterocycles. The smallest absolute Gasteiger partial charge is 0.273 e. The zero-order chi connectivity index (χ0) is 23.9. The van der Waals surface area contributed by atoms with Crippen LogP contribution in [0, 0.1) is 21.4 Å². The van der Waals surface area contributed by atoms with Gasteiger partial charge < -0.3 is 0 Å². The Morgan fingerprint density at radius 3 is 2.55 bits per heavy atom. The number of nitro benzene ring substituents is 1. The van der Waals surface area contributed by atoms with E-state index in [1.54, 1.807) is 30.3 Å². The van der Waals surface area contributed by atoms with Crippen LogP contribution in [0.3, 0.4) is 0 Å². The number of hydrogen-bond acceptors (Lipinski definition) is 7. The maximum absolute atomic E-state index is 12.8. The van der Waals surface area contributed by atoms with E-state index in [0.29, 0.717) is 16.1 Å². The molecule has 1 N–H and O–H groups in total. The summed E-state index contributed by atoms with van der Waals surface area (Å²) in [7, 11) is 1.40. The van der Waals surface area contributed by atoms with E-state index in [-0.39, 0.29) is 22.9 Å². The van der Waals surface area contributed by atoms with Gasteiger partial charge in [0.25, 0.3) is 17.2 Å². The molecule has 166 valence electrons. The lowest BCUT2D eigenvalue weighted by Crippen LogP contribution is -2.59. The number of alkyl halides is 1. The Hall–Kier alpha value is -3.94. The van der Waals surface area contributed by atoms with E-state index >= 15 is 0 Å². The lowest BCUT2D eigenvalue weighted by molar-refractivity contribution is -0.385. The first-order valence-electron chi connectivity index (χ1n) is 9.48. The fourth-order valence-electron chi connectivity index (χ4n) is 3.45. The molecule has 1 fully saturated rings. The van der Waals surface area contributed by atoms with Gasteiger partial charge in [-0.05, 0) is 17.7 Å². The molecule has 0 bridgehead atoms. The van der Waals surface area contributed by atoms with Gasteiger partial charge in [-0.15, -0.1) is 11.6 Å². The maximum atomic E-state index is 12.8. The molecule has 2 aromatic carbocycles. The lowest BCUT2D eigenvalue weighted by Gasteiger charge is -2.44. The minimum atomic E-state index is -0.967. The van der Waals surface area contributed by atoms with Gasteiger partial charge in [-0.25, -0.2) is 9.99 Å². The Bertz CT molecular complexity index is 1380. The number of nitrogens with one attached hydrogen (secondary N) is 1. The molecular formula is C21H14Cl2N6O4. The number of carbonyl (C=O) groups is 1. The molecule has 0 radical (unpaired) electrons. The Morgan fingerprint density at radius 1 is 1.21 bits per heavy atom. The molecule has 1 aliphatic rings. The van der Waals surface area contributed by atoms with Crippen molar-refractivity contribution in [2.24, 2.45) is 7.05 Å². The monoisotopic (exact) mass is 484 g/mol. The molecule has 0 saturated carbocycles. The molecule has 3 aromatic rings. The molecule has 2 unspecified atom stereocenters. The summed E-state index contributed by atoms with van der Waals surface area (Å²) < 4.78 is 1.09. The fourth-order valence-corrected chi connectivity index (χ4v) is 3.94. The molecule has 1 amide bonds. The van der Waals surface area contributed by atoms with Crippen LogP contribution in [0.25, 0.3) is 11.3 Å². The van der Waals surface area contributed by atoms with E-state index in [2.05, 4.69) is 10.4 Å². The van der Waals surface area contributed by atoms with Crippen molar-refractivity contribution in [2.45, 2.75) is 11.4 Å². The lowest BCUT2D eigenvalue weighted by atomic mass is 9.95. The SMILES string of the molecule is Cn1c(NN2C(=O)C(Cl)C2c2cccc([N+](=O)[O-])c2)nc(-c2ccc(Cl)cc2)c(C#N)c1=O. The summed E-state index contributed by atoms with van der Waals surface area (Å²) in [5.74, 6) is -0.517. The predicted octanol–water partition coefficient (Wildman–Crippen LogP) is 3.40. The van der Waals surface area contributed by atoms with Gasteiger partial charge in [-0.2, -0.15) is 5.26 Å². The number of rotatable bonds is 5. The van der Waals surface area contributed by atoms with Crippen molar-refractivity contribution in [1.82, 2.24) is 14.6 Å². The van der Waals surface area contributed by atoms with Crippen LogP contribution in [0.4, 0.5) is 11.6 Å². The van der Waals surface area contributed by atoms with E-state index in [0.717, 1.165) is 9.58 Å². The molecular weight excluding hydrogens is 471 g/mol. The standard InChI is InChI=1S/C21H14Cl2N6O4/c1-27-19(30)15(10-24)17(11-5-7-13(22)8-6-11)25-21(27)26-28-18(16(23)20(28)31)12-3-2-4-14(9-12)29(32)33/h2-9,16,18H,1H3,(H,25,26). The van der Waals surface area contributed by atoms with Crippen molar-refractivity contribution < 1.29 is 9.72 Å². The van der Waals surface area contributed by atoms with Gasteiger partial charge in [0.05, 0.1) is 10.6 Å². The Kier molecular flexibility index (Phi) is 5.76. The van der Waals surface area contributed by atoms with Crippen LogP contribution in [-0.4, -0.2) is 30.8 Å². The zero-order valence-electron chi connectivity index (χ0n) is 16.9. The number of halogens is 2. The largest absolute Gasteiger partial charge is 0.279 e. The molecule has 1 aliphatic heterocycles. The number of β-lactam (4-membered cyclic amide) rings is 1. The summed E-state index contributed by atoms with van der Waals surface area (Å²) in [6.45, 7) is 0. The van der Waals surface area contributed by atoms with Crippen molar-refractivity contribution >= 4 is 40.7 Å². The second kappa shape index (κ2) is 8.54. The quantitative estimate of drug-likeness (QED) is 0.253. The fraction of sp³-hybridized carbons (Fsp3) is 0.143. The first-order chi connectivity index (χ1) is 15.7. The highest BCUT2D eigenvalue weighted by atomic mass is 35.5. The average molecular weight is 485 g/mol. The predicted molar refractivity (Wildman–Crippen MR) is 121 cm³/mol. The number of hydrazine groups is 1. The van der Waals surface area contributed by atoms with Gasteiger partial charge in [-0.1, -0.05) is 35.9 Å². The number of benzene rings is 2. The summed E-state index contributed by atoms with van der Waals surface area (Å²) in [4.78, 5) is 40.3. The van der Waals surface area contributed by atoms with E-state index in [1.165, 1.54) is 25.2 Å². The summed E-state index contributed by atoms with van der Waals surface area (Å²) in [5, 5.41) is 21.3. The Morgan fingerprint density at radius 2 is 1.91 bits per heavy atom. The molecule has 2 atom stereocenters. The number of hydrogen-bond donors (Lipinski definition) is 1. The maximum Gasteiger partial charge on any atom is 0.273 e. The van der Waals surface area contributed by atoms with Crippen LogP contribution in [0.5, 0.6) is 0 Å². The number of nitro groups is 1. The molecule has 12 heteroatoms. The van der Waals surface area contributed by atoms with E-state index < -0.39 is 27.8 Å². The van der Waals surface area contributed by atoms with Crippen molar-refractivity contribution in [1.29, 1.82) is 5.26 Å². The number of anilines is 1. The number of nitriles is 1. The zero-order valence-corrected chi connectivity index (χ0v) is 18.4. The van der Waals surface area contributed by atoms with Gasteiger partial charge in [0.2, 0.25) is 5.95 Å². The Labute approximate surface area is 196 Å². The second-order valence-electron chi connectivity index (χ2n) is 7.16. The third kappa shape index (κ3) is 3.88. The van der Waals surface area contributed by atoms with E-state index in [1.807, 2.05) is 6.07 Å². The van der Waals surface area contributed by atoms with Crippen molar-refractivity contribution in [2.75, 3.05) is 5.43 Å². The summed E-state index contributed by atoms with van der Waals surface area (Å²) in [6, 6.07) is 13.3. The number of nitrogens with zero attached hydrogens (tertiary/aromatic N) is 5. The van der Waals surface area contributed by atoms with Gasteiger partial charge >= 0.3 is 0 Å². The number of carbonyl (C=O) groups excluding carboxylic acids is 1. The van der Waals surface area contributed by atoms with Crippen LogP contribution in [0.1, 0.15) is 17.2 Å². The highest BCUT2D eigenvalue weighted by Crippen LogP contribution is 2.39. The van der Waals surface area contributed by atoms with Crippen LogP contribution in [-0.2, 0) is 11.8 Å². The summed E-state index contributed by atoms with van der Waals surface area (Å²) in [5.41, 5.74) is 2.87. The first-order valence-corrected chi connectivity index (χ1v) is 10.3. The van der Waals surface area contributed by atoms with E-state index in [9.17, 15) is 25.0 Å². The number of non-ortho nitro benzene ring substituents is 1. The topological polar surface area (TPSA) is 134 Å². The van der Waals surface area contributed by atoms with Gasteiger partial charge in [0.1, 0.15) is 23.1 Å². The Balaban J connectivity index is 1.75. The molecule has 33 heavy (non-hydrogen) atoms. The number of amides is 1. The van der Waals surface area contributed by atoms with Crippen LogP contribution < -0.4 is 11.0 Å². The van der Waals surface area contributed by atoms with Gasteiger partial charge in [0.15, 0.2) is 0 Å². The molecule has 10 nitrogen and oxygen atoms in total. The summed E-state index contributed by atoms with van der Waals surface area (Å²) in [6.07, 6.45) is 0. The van der Waals surface area contributed by atoms with Crippen molar-refractivity contribution in [3.63, 3.8) is 0 Å². The molecule has 0 spiro atoms. The highest BCUT2D eigenvalue weighted by Gasteiger charge is 2.48. The number of aromatic nitrogens is 2. The third-order valence-corrected chi connectivity index (χ3v) is 5.87.